The molecule has 0 atom stereocenters. The van der Waals surface area contributed by atoms with Crippen molar-refractivity contribution in [2.24, 2.45) is 0 Å². The number of carbonyl (C=O) groups is 2. The number of hydrogen-bond acceptors (Lipinski definition) is 5. The van der Waals surface area contributed by atoms with Crippen molar-refractivity contribution in [3.63, 3.8) is 0 Å². The van der Waals surface area contributed by atoms with E-state index in [4.69, 9.17) is 14.2 Å². The minimum Gasteiger partial charge on any atom is -0.493 e. The molecule has 0 saturated heterocycles. The Morgan fingerprint density at radius 2 is 1.11 bits per heavy atom. The first-order chi connectivity index (χ1) is 13.2. The van der Waals surface area contributed by atoms with Gasteiger partial charge < -0.3 is 14.2 Å². The van der Waals surface area contributed by atoms with Crippen LogP contribution in [0.4, 0.5) is 0 Å². The van der Waals surface area contributed by atoms with E-state index in [1.54, 1.807) is 48.5 Å². The lowest BCUT2D eigenvalue weighted by atomic mass is 10.2. The van der Waals surface area contributed by atoms with E-state index in [1.807, 2.05) is 0 Å². The van der Waals surface area contributed by atoms with Crippen LogP contribution in [0.25, 0.3) is 0 Å². The van der Waals surface area contributed by atoms with Crippen LogP contribution in [0.2, 0.25) is 0 Å². The zero-order chi connectivity index (χ0) is 19.5. The second kappa shape index (κ2) is 11.0. The van der Waals surface area contributed by atoms with Gasteiger partial charge in [-0.1, -0.05) is 51.0 Å². The van der Waals surface area contributed by atoms with Gasteiger partial charge >= 0.3 is 11.9 Å². The number of para-hydroxylation sites is 2. The number of hydrogen-bond donors (Lipinski definition) is 0. The largest absolute Gasteiger partial charge is 0.493 e. The first-order valence-corrected chi connectivity index (χ1v) is 9.37. The molecule has 0 aliphatic carbocycles. The average molecular weight is 370 g/mol. The fourth-order valence-corrected chi connectivity index (χ4v) is 2.37. The average Bonchev–Trinajstić information content (AvgIpc) is 2.69. The molecule has 27 heavy (non-hydrogen) atoms. The lowest BCUT2D eigenvalue weighted by Crippen LogP contribution is -2.15. The topological polar surface area (TPSA) is 61.8 Å². The second-order valence-corrected chi connectivity index (χ2v) is 6.07. The number of rotatable bonds is 10. The molecule has 0 bridgehead atoms. The van der Waals surface area contributed by atoms with Crippen molar-refractivity contribution >= 4 is 11.9 Å². The molecule has 5 nitrogen and oxygen atoms in total. The van der Waals surface area contributed by atoms with Crippen molar-refractivity contribution in [2.75, 3.05) is 13.2 Å². The molecule has 0 fully saturated rings. The molecule has 0 spiro atoms. The summed E-state index contributed by atoms with van der Waals surface area (Å²) in [5.74, 6) is -0.654. The molecule has 2 aromatic rings. The van der Waals surface area contributed by atoms with Crippen molar-refractivity contribution in [3.05, 3.63) is 59.7 Å². The van der Waals surface area contributed by atoms with Crippen LogP contribution < -0.4 is 9.47 Å². The minimum absolute atomic E-state index is 0.228. The zero-order valence-corrected chi connectivity index (χ0v) is 15.9. The smallest absolute Gasteiger partial charge is 0.349 e. The molecule has 144 valence electrons. The molecular formula is C22H26O5. The first kappa shape index (κ1) is 20.5. The van der Waals surface area contributed by atoms with Crippen molar-refractivity contribution in [2.45, 2.75) is 39.5 Å². The molecule has 2 rings (SSSR count). The van der Waals surface area contributed by atoms with Crippen molar-refractivity contribution in [1.29, 1.82) is 0 Å². The summed E-state index contributed by atoms with van der Waals surface area (Å²) >= 11 is 0. The standard InChI is InChI=1S/C22H26O5/c1-3-5-15-25-19-13-9-7-11-17(19)21(23)27-22(24)18-12-8-10-14-20(18)26-16-6-4-2/h7-14H,3-6,15-16H2,1-2H3. The lowest BCUT2D eigenvalue weighted by molar-refractivity contribution is 0.0393. The third kappa shape index (κ3) is 6.13. The van der Waals surface area contributed by atoms with E-state index >= 15 is 0 Å². The maximum Gasteiger partial charge on any atom is 0.349 e. The summed E-state index contributed by atoms with van der Waals surface area (Å²) < 4.78 is 16.4. The van der Waals surface area contributed by atoms with Gasteiger partial charge in [0.05, 0.1) is 13.2 Å². The van der Waals surface area contributed by atoms with Crippen molar-refractivity contribution in [3.8, 4) is 11.5 Å². The molecule has 5 heteroatoms. The highest BCUT2D eigenvalue weighted by atomic mass is 16.6. The van der Waals surface area contributed by atoms with E-state index in [-0.39, 0.29) is 11.1 Å². The summed E-state index contributed by atoms with van der Waals surface area (Å²) in [5.41, 5.74) is 0.456. The Bertz CT molecular complexity index is 690. The molecule has 0 amide bonds. The summed E-state index contributed by atoms with van der Waals surface area (Å²) in [6.45, 7) is 5.12. The summed E-state index contributed by atoms with van der Waals surface area (Å²) in [4.78, 5) is 25.0. The Labute approximate surface area is 160 Å². The van der Waals surface area contributed by atoms with Crippen LogP contribution in [-0.4, -0.2) is 25.2 Å². The molecule has 0 saturated carbocycles. The predicted octanol–water partition coefficient (Wildman–Crippen LogP) is 5.04. The van der Waals surface area contributed by atoms with Crippen LogP contribution >= 0.6 is 0 Å². The quantitative estimate of drug-likeness (QED) is 0.333. The molecular weight excluding hydrogens is 344 g/mol. The molecule has 0 aromatic heterocycles. The Kier molecular flexibility index (Phi) is 8.36. The third-order valence-corrected chi connectivity index (χ3v) is 3.91. The maximum absolute atomic E-state index is 12.5. The Hall–Kier alpha value is -2.82. The van der Waals surface area contributed by atoms with Gasteiger partial charge in [0.25, 0.3) is 0 Å². The minimum atomic E-state index is -0.740. The summed E-state index contributed by atoms with van der Waals surface area (Å²) in [6, 6.07) is 13.5. The van der Waals surface area contributed by atoms with E-state index in [0.29, 0.717) is 24.7 Å². The van der Waals surface area contributed by atoms with Crippen LogP contribution in [0.1, 0.15) is 60.2 Å². The lowest BCUT2D eigenvalue weighted by Gasteiger charge is -2.12. The highest BCUT2D eigenvalue weighted by Crippen LogP contribution is 2.23. The predicted molar refractivity (Wildman–Crippen MR) is 103 cm³/mol. The highest BCUT2D eigenvalue weighted by molar-refractivity contribution is 6.04. The van der Waals surface area contributed by atoms with Crippen LogP contribution in [0, 0.1) is 0 Å². The summed E-state index contributed by atoms with van der Waals surface area (Å²) in [6.07, 6.45) is 3.73. The Morgan fingerprint density at radius 3 is 1.52 bits per heavy atom. The van der Waals surface area contributed by atoms with E-state index in [9.17, 15) is 9.59 Å². The van der Waals surface area contributed by atoms with E-state index in [2.05, 4.69) is 13.8 Å². The molecule has 0 N–H and O–H groups in total. The van der Waals surface area contributed by atoms with E-state index in [0.717, 1.165) is 25.7 Å². The van der Waals surface area contributed by atoms with E-state index in [1.165, 1.54) is 0 Å². The van der Waals surface area contributed by atoms with Crippen LogP contribution in [0.3, 0.4) is 0 Å². The highest BCUT2D eigenvalue weighted by Gasteiger charge is 2.21. The summed E-state index contributed by atoms with van der Waals surface area (Å²) in [5, 5.41) is 0. The number of unbranched alkanes of at least 4 members (excludes halogenated alkanes) is 2. The Balaban J connectivity index is 2.09. The third-order valence-electron chi connectivity index (χ3n) is 3.91. The monoisotopic (exact) mass is 370 g/mol. The number of benzene rings is 2. The molecule has 2 aromatic carbocycles. The SMILES string of the molecule is CCCCOc1ccccc1C(=O)OC(=O)c1ccccc1OCCCC. The first-order valence-electron chi connectivity index (χ1n) is 9.37. The van der Waals surface area contributed by atoms with Crippen molar-refractivity contribution < 1.29 is 23.8 Å². The molecule has 0 radical (unpaired) electrons. The fourth-order valence-electron chi connectivity index (χ4n) is 2.37. The van der Waals surface area contributed by atoms with Crippen molar-refractivity contribution in [1.82, 2.24) is 0 Å². The fraction of sp³-hybridized carbons (Fsp3) is 0.364. The van der Waals surface area contributed by atoms with Gasteiger partial charge in [-0.2, -0.15) is 0 Å². The van der Waals surface area contributed by atoms with Gasteiger partial charge in [0, 0.05) is 0 Å². The van der Waals surface area contributed by atoms with Gasteiger partial charge in [-0.3, -0.25) is 0 Å². The van der Waals surface area contributed by atoms with Gasteiger partial charge in [0.15, 0.2) is 0 Å². The maximum atomic E-state index is 12.5. The number of ether oxygens (including phenoxy) is 3. The molecule has 0 aliphatic rings. The molecule has 0 heterocycles. The van der Waals surface area contributed by atoms with E-state index < -0.39 is 11.9 Å². The van der Waals surface area contributed by atoms with Gasteiger partial charge in [-0.05, 0) is 37.1 Å². The van der Waals surface area contributed by atoms with Gasteiger partial charge in [0.1, 0.15) is 22.6 Å². The number of esters is 2. The Morgan fingerprint density at radius 1 is 0.704 bits per heavy atom. The normalized spacial score (nSPS) is 10.3. The van der Waals surface area contributed by atoms with Gasteiger partial charge in [0.2, 0.25) is 0 Å². The zero-order valence-electron chi connectivity index (χ0n) is 15.9. The second-order valence-electron chi connectivity index (χ2n) is 6.07. The molecule has 0 unspecified atom stereocenters. The van der Waals surface area contributed by atoms with Crippen LogP contribution in [0.15, 0.2) is 48.5 Å². The van der Waals surface area contributed by atoms with Gasteiger partial charge in [-0.15, -0.1) is 0 Å². The number of carbonyl (C=O) groups excluding carboxylic acids is 2. The van der Waals surface area contributed by atoms with Crippen LogP contribution in [-0.2, 0) is 4.74 Å². The van der Waals surface area contributed by atoms with Crippen LogP contribution in [0.5, 0.6) is 11.5 Å². The van der Waals surface area contributed by atoms with Gasteiger partial charge in [-0.25, -0.2) is 9.59 Å². The molecule has 0 aliphatic heterocycles. The summed E-state index contributed by atoms with van der Waals surface area (Å²) in [7, 11) is 0.